The second-order valence-electron chi connectivity index (χ2n) is 10.8. The maximum Gasteiger partial charge on any atom is 0.302 e. The van der Waals surface area contributed by atoms with Gasteiger partial charge >= 0.3 is 5.97 Å². The molecule has 8 atom stereocenters. The summed E-state index contributed by atoms with van der Waals surface area (Å²) in [7, 11) is 0. The van der Waals surface area contributed by atoms with Crippen molar-refractivity contribution in [1.29, 1.82) is 0 Å². The van der Waals surface area contributed by atoms with Gasteiger partial charge in [-0.1, -0.05) is 20.4 Å². The highest BCUT2D eigenvalue weighted by atomic mass is 16.6. The van der Waals surface area contributed by atoms with Crippen LogP contribution in [0.4, 0.5) is 0 Å². The van der Waals surface area contributed by atoms with E-state index in [4.69, 9.17) is 9.47 Å². The van der Waals surface area contributed by atoms with Crippen LogP contribution in [0.3, 0.4) is 0 Å². The van der Waals surface area contributed by atoms with Gasteiger partial charge in [-0.15, -0.1) is 0 Å². The molecule has 0 amide bonds. The first-order valence-electron chi connectivity index (χ1n) is 10.6. The van der Waals surface area contributed by atoms with Crippen molar-refractivity contribution in [2.75, 3.05) is 6.61 Å². The summed E-state index contributed by atoms with van der Waals surface area (Å²) < 4.78 is 12.0. The average Bonchev–Trinajstić information content (AvgIpc) is 2.76. The maximum atomic E-state index is 12.0. The number of hydrogen-bond acceptors (Lipinski definition) is 6. The Morgan fingerprint density at radius 3 is 2.61 bits per heavy atom. The Morgan fingerprint density at radius 1 is 1.21 bits per heavy atom. The largest absolute Gasteiger partial charge is 0.462 e. The third-order valence-corrected chi connectivity index (χ3v) is 9.44. The zero-order valence-corrected chi connectivity index (χ0v) is 17.0. The van der Waals surface area contributed by atoms with Crippen LogP contribution in [0, 0.1) is 28.1 Å². The first-order chi connectivity index (χ1) is 12.9. The molecule has 4 saturated carbocycles. The molecule has 0 aromatic rings. The van der Waals surface area contributed by atoms with Crippen LogP contribution in [-0.2, 0) is 14.3 Å². The van der Waals surface area contributed by atoms with Crippen LogP contribution >= 0.6 is 0 Å². The van der Waals surface area contributed by atoms with E-state index >= 15 is 0 Å². The Labute approximate surface area is 165 Å². The smallest absolute Gasteiger partial charge is 0.302 e. The second kappa shape index (κ2) is 5.20. The third-order valence-electron chi connectivity index (χ3n) is 9.44. The van der Waals surface area contributed by atoms with E-state index in [1.807, 2.05) is 0 Å². The average molecular weight is 392 g/mol. The fraction of sp³-hybridized carbons (Fsp3) is 0.864. The lowest BCUT2D eigenvalue weighted by atomic mass is 9.36. The Kier molecular flexibility index (Phi) is 3.54. The van der Waals surface area contributed by atoms with Crippen molar-refractivity contribution in [1.82, 2.24) is 0 Å². The lowest BCUT2D eigenvalue weighted by Crippen LogP contribution is -2.79. The second-order valence-corrected chi connectivity index (χ2v) is 10.8. The fourth-order valence-electron chi connectivity index (χ4n) is 8.23. The molecule has 0 radical (unpaired) electrons. The monoisotopic (exact) mass is 392 g/mol. The van der Waals surface area contributed by atoms with Gasteiger partial charge in [0, 0.05) is 18.8 Å². The number of aliphatic hydroxyl groups is 3. The zero-order valence-electron chi connectivity index (χ0n) is 17.0. The van der Waals surface area contributed by atoms with E-state index in [-0.39, 0.29) is 35.7 Å². The first-order valence-corrected chi connectivity index (χ1v) is 10.6. The number of ether oxygens (including phenoxy) is 2. The molecule has 4 bridgehead atoms. The molecule has 0 aromatic carbocycles. The predicted molar refractivity (Wildman–Crippen MR) is 99.9 cm³/mol. The minimum atomic E-state index is -1.51. The van der Waals surface area contributed by atoms with E-state index in [1.54, 1.807) is 0 Å². The van der Waals surface area contributed by atoms with Crippen molar-refractivity contribution in [3.63, 3.8) is 0 Å². The number of aliphatic hydroxyl groups excluding tert-OH is 1. The molecule has 6 nitrogen and oxygen atoms in total. The minimum absolute atomic E-state index is 0.0374. The number of esters is 1. The molecular weight excluding hydrogens is 360 g/mol. The van der Waals surface area contributed by atoms with E-state index in [1.165, 1.54) is 6.92 Å². The van der Waals surface area contributed by atoms with Crippen LogP contribution in [0.2, 0.25) is 0 Å². The van der Waals surface area contributed by atoms with E-state index in [0.29, 0.717) is 31.4 Å². The molecule has 0 aromatic heterocycles. The predicted octanol–water partition coefficient (Wildman–Crippen LogP) is 1.91. The summed E-state index contributed by atoms with van der Waals surface area (Å²) in [6.07, 6.45) is 2.12. The summed E-state index contributed by atoms with van der Waals surface area (Å²) in [4.78, 5) is 12.0. The van der Waals surface area contributed by atoms with Crippen LogP contribution in [0.5, 0.6) is 0 Å². The summed E-state index contributed by atoms with van der Waals surface area (Å²) in [5, 5.41) is 34.2. The Balaban J connectivity index is 1.72. The Morgan fingerprint density at radius 2 is 1.93 bits per heavy atom. The highest BCUT2D eigenvalue weighted by Crippen LogP contribution is 2.78. The van der Waals surface area contributed by atoms with Crippen molar-refractivity contribution in [2.24, 2.45) is 28.1 Å². The van der Waals surface area contributed by atoms with E-state index in [9.17, 15) is 20.1 Å². The van der Waals surface area contributed by atoms with E-state index in [0.717, 1.165) is 12.8 Å². The molecule has 6 aliphatic rings. The number of rotatable bonds is 1. The highest BCUT2D eigenvalue weighted by molar-refractivity contribution is 5.66. The molecule has 6 rings (SSSR count). The maximum absolute atomic E-state index is 12.0. The standard InChI is InChI=1S/C22H32O6/c1-12-17(24)21-10-19(12,25)8-5-14(21)20-11-27-22(21,26)9-15(20)18(3,4)7-6-16(20)28-13(2)23/h14-17,24-26H,1,5-11H2,2-4H3/t14-,15+,16-,17-,19-,20-,21-,22+/m0/s1. The molecule has 2 saturated heterocycles. The quantitative estimate of drug-likeness (QED) is 0.466. The van der Waals surface area contributed by atoms with Crippen LogP contribution < -0.4 is 0 Å². The van der Waals surface area contributed by atoms with Gasteiger partial charge in [0.05, 0.1) is 23.7 Å². The summed E-state index contributed by atoms with van der Waals surface area (Å²) in [6, 6.07) is 0. The number of carbonyl (C=O) groups is 1. The van der Waals surface area contributed by atoms with Gasteiger partial charge in [0.2, 0.25) is 0 Å². The van der Waals surface area contributed by atoms with Crippen molar-refractivity contribution in [2.45, 2.75) is 82.9 Å². The summed E-state index contributed by atoms with van der Waals surface area (Å²) in [6.45, 7) is 10.2. The van der Waals surface area contributed by atoms with Crippen molar-refractivity contribution >= 4 is 5.97 Å². The van der Waals surface area contributed by atoms with Crippen LogP contribution in [0.1, 0.15) is 59.3 Å². The van der Waals surface area contributed by atoms with Crippen molar-refractivity contribution in [3.8, 4) is 0 Å². The van der Waals surface area contributed by atoms with E-state index < -0.39 is 28.3 Å². The molecular formula is C22H32O6. The minimum Gasteiger partial charge on any atom is -0.462 e. The molecule has 4 aliphatic carbocycles. The molecule has 2 heterocycles. The van der Waals surface area contributed by atoms with Crippen molar-refractivity contribution in [3.05, 3.63) is 12.2 Å². The molecule has 2 aliphatic heterocycles. The van der Waals surface area contributed by atoms with Gasteiger partial charge in [0.1, 0.15) is 6.10 Å². The highest BCUT2D eigenvalue weighted by Gasteiger charge is 2.83. The van der Waals surface area contributed by atoms with Gasteiger partial charge in [-0.25, -0.2) is 0 Å². The van der Waals surface area contributed by atoms with Gasteiger partial charge in [-0.2, -0.15) is 0 Å². The third kappa shape index (κ3) is 1.87. The van der Waals surface area contributed by atoms with Gasteiger partial charge in [0.15, 0.2) is 5.79 Å². The zero-order chi connectivity index (χ0) is 20.3. The topological polar surface area (TPSA) is 96.2 Å². The van der Waals surface area contributed by atoms with Crippen LogP contribution in [-0.4, -0.2) is 51.5 Å². The SMILES string of the molecule is C=C1[C@H](O)[C@]23C[C@@]1(O)CC[C@H]2[C@@]12CO[C@]3(O)C[C@@H]1C(C)(C)CC[C@@H]2OC(C)=O. The molecule has 3 N–H and O–H groups in total. The summed E-state index contributed by atoms with van der Waals surface area (Å²) in [5.41, 5.74) is -2.28. The van der Waals surface area contributed by atoms with Crippen LogP contribution in [0.25, 0.3) is 0 Å². The Bertz CT molecular complexity index is 762. The molecule has 6 heteroatoms. The first kappa shape index (κ1) is 19.0. The number of fused-ring (bicyclic) bond motifs is 2. The molecule has 156 valence electrons. The lowest BCUT2D eigenvalue weighted by molar-refractivity contribution is -0.436. The van der Waals surface area contributed by atoms with Gasteiger partial charge in [-0.3, -0.25) is 4.79 Å². The van der Waals surface area contributed by atoms with Crippen LogP contribution in [0.15, 0.2) is 12.2 Å². The van der Waals surface area contributed by atoms with E-state index in [2.05, 4.69) is 20.4 Å². The molecule has 0 unspecified atom stereocenters. The van der Waals surface area contributed by atoms with Gasteiger partial charge in [0.25, 0.3) is 0 Å². The molecule has 6 fully saturated rings. The lowest BCUT2D eigenvalue weighted by Gasteiger charge is -2.74. The Hall–Kier alpha value is -0.950. The van der Waals surface area contributed by atoms with Gasteiger partial charge in [-0.05, 0) is 54.9 Å². The number of hydrogen-bond donors (Lipinski definition) is 3. The summed E-state index contributed by atoms with van der Waals surface area (Å²) >= 11 is 0. The molecule has 2 spiro atoms. The number of carbonyl (C=O) groups excluding carboxylic acids is 1. The summed E-state index contributed by atoms with van der Waals surface area (Å²) in [5.74, 6) is -1.80. The fourth-order valence-corrected chi connectivity index (χ4v) is 8.23. The normalized spacial score (nSPS) is 56.1. The molecule has 28 heavy (non-hydrogen) atoms. The van der Waals surface area contributed by atoms with Gasteiger partial charge < -0.3 is 24.8 Å². The van der Waals surface area contributed by atoms with Crippen molar-refractivity contribution < 1.29 is 29.6 Å².